The summed E-state index contributed by atoms with van der Waals surface area (Å²) in [6, 6.07) is 5.49. The molecule has 3 amide bonds. The first-order valence-electron chi connectivity index (χ1n) is 11.0. The van der Waals surface area contributed by atoms with E-state index in [0.717, 1.165) is 4.90 Å². The highest BCUT2D eigenvalue weighted by molar-refractivity contribution is 6.13. The summed E-state index contributed by atoms with van der Waals surface area (Å²) in [7, 11) is 1.21. The van der Waals surface area contributed by atoms with Gasteiger partial charge in [-0.1, -0.05) is 6.08 Å². The largest absolute Gasteiger partial charge is 0.490 e. The number of aliphatic carboxylic acids is 1. The molecule has 1 aliphatic rings. The second-order valence-electron chi connectivity index (χ2n) is 7.67. The van der Waals surface area contributed by atoms with Gasteiger partial charge in [0.25, 0.3) is 5.91 Å². The van der Waals surface area contributed by atoms with E-state index in [-0.39, 0.29) is 41.9 Å². The van der Waals surface area contributed by atoms with Gasteiger partial charge in [0.1, 0.15) is 11.5 Å². The van der Waals surface area contributed by atoms with Gasteiger partial charge in [0.2, 0.25) is 5.76 Å². The number of urea groups is 1. The summed E-state index contributed by atoms with van der Waals surface area (Å²) in [5.74, 6) is -1.69. The van der Waals surface area contributed by atoms with E-state index in [4.69, 9.17) is 13.9 Å². The Morgan fingerprint density at radius 1 is 1.28 bits per heavy atom. The molecule has 1 atom stereocenters. The van der Waals surface area contributed by atoms with E-state index in [1.165, 1.54) is 32.2 Å². The zero-order valence-corrected chi connectivity index (χ0v) is 20.0. The minimum atomic E-state index is -1.14. The second kappa shape index (κ2) is 11.3. The number of carboxylic acids is 1. The smallest absolute Gasteiger partial charge is 0.373 e. The van der Waals surface area contributed by atoms with Gasteiger partial charge < -0.3 is 29.1 Å². The molecule has 1 aromatic heterocycles. The number of carboxylic acid groups (broad SMARTS) is 1. The third-order valence-corrected chi connectivity index (χ3v) is 5.10. The average molecular weight is 498 g/mol. The molecular weight excluding hydrogens is 472 g/mol. The van der Waals surface area contributed by atoms with Crippen LogP contribution in [0.5, 0.6) is 11.5 Å². The first-order chi connectivity index (χ1) is 17.2. The minimum absolute atomic E-state index is 0.0133. The molecule has 190 valence electrons. The summed E-state index contributed by atoms with van der Waals surface area (Å²) in [4.78, 5) is 49.2. The maximum atomic E-state index is 12.9. The van der Waals surface area contributed by atoms with Gasteiger partial charge in [-0.25, -0.2) is 14.4 Å². The Balaban J connectivity index is 1.91. The number of furan rings is 1. The first kappa shape index (κ1) is 26.1. The highest BCUT2D eigenvalue weighted by Crippen LogP contribution is 2.35. The fraction of sp³-hybridized carbons (Fsp3) is 0.280. The van der Waals surface area contributed by atoms with E-state index in [2.05, 4.69) is 16.6 Å². The molecule has 0 radical (unpaired) electrons. The molecule has 1 fully saturated rings. The molecule has 2 aromatic rings. The zero-order valence-electron chi connectivity index (χ0n) is 20.0. The van der Waals surface area contributed by atoms with Crippen LogP contribution in [-0.2, 0) is 27.3 Å². The van der Waals surface area contributed by atoms with Crippen molar-refractivity contribution >= 4 is 30.0 Å². The van der Waals surface area contributed by atoms with Crippen LogP contribution in [-0.4, -0.2) is 53.7 Å². The van der Waals surface area contributed by atoms with Crippen LogP contribution in [0.15, 0.2) is 47.0 Å². The molecule has 36 heavy (non-hydrogen) atoms. The summed E-state index contributed by atoms with van der Waals surface area (Å²) in [5, 5.41) is 11.8. The quantitative estimate of drug-likeness (QED) is 0.207. The Labute approximate surface area is 206 Å². The lowest BCUT2D eigenvalue weighted by Crippen LogP contribution is -2.30. The van der Waals surface area contributed by atoms with Crippen molar-refractivity contribution in [3.63, 3.8) is 0 Å². The molecule has 0 spiro atoms. The van der Waals surface area contributed by atoms with Crippen LogP contribution in [0.3, 0.4) is 0 Å². The molecule has 0 aliphatic carbocycles. The number of nitrogens with zero attached hydrogens (tertiary/aromatic N) is 1. The van der Waals surface area contributed by atoms with Gasteiger partial charge in [-0.2, -0.15) is 0 Å². The second-order valence-corrected chi connectivity index (χ2v) is 7.67. The van der Waals surface area contributed by atoms with Crippen molar-refractivity contribution in [1.29, 1.82) is 0 Å². The number of hydrogen-bond donors (Lipinski definition) is 2. The molecule has 3 rings (SSSR count). The summed E-state index contributed by atoms with van der Waals surface area (Å²) >= 11 is 0. The number of esters is 1. The van der Waals surface area contributed by atoms with Gasteiger partial charge >= 0.3 is 18.0 Å². The molecule has 11 nitrogen and oxygen atoms in total. The fourth-order valence-electron chi connectivity index (χ4n) is 3.41. The molecule has 11 heteroatoms. The van der Waals surface area contributed by atoms with E-state index in [1.54, 1.807) is 25.1 Å². The van der Waals surface area contributed by atoms with Gasteiger partial charge in [-0.05, 0) is 56.2 Å². The number of carbonyl (C=O) groups is 4. The van der Waals surface area contributed by atoms with E-state index in [0.29, 0.717) is 17.5 Å². The standard InChI is InChI=1S/C25H26N2O9/c1-5-7-16-10-15(12-20(34-6-2)21(16)35-14(3)23(29)30)11-18-22(28)27(25(32)26-18)13-17-8-9-19(36-17)24(31)33-4/h5,8-12,14H,1,6-7,13H2,2-4H3,(H,26,32)(H,29,30). The molecular formula is C25H26N2O9. The minimum Gasteiger partial charge on any atom is -0.490 e. The lowest BCUT2D eigenvalue weighted by molar-refractivity contribution is -0.144. The maximum Gasteiger partial charge on any atom is 0.373 e. The van der Waals surface area contributed by atoms with Crippen LogP contribution in [0.4, 0.5) is 4.79 Å². The molecule has 2 N–H and O–H groups in total. The Morgan fingerprint density at radius 2 is 2.03 bits per heavy atom. The lowest BCUT2D eigenvalue weighted by atomic mass is 10.0. The van der Waals surface area contributed by atoms with Crippen molar-refractivity contribution in [2.24, 2.45) is 0 Å². The van der Waals surface area contributed by atoms with Crippen molar-refractivity contribution in [1.82, 2.24) is 10.2 Å². The van der Waals surface area contributed by atoms with Crippen molar-refractivity contribution in [3.05, 3.63) is 65.3 Å². The molecule has 0 saturated carbocycles. The Hall–Kier alpha value is -4.54. The lowest BCUT2D eigenvalue weighted by Gasteiger charge is -2.19. The van der Waals surface area contributed by atoms with Gasteiger partial charge in [0.05, 0.1) is 20.3 Å². The molecule has 1 aliphatic heterocycles. The number of nitrogens with one attached hydrogen (secondary N) is 1. The topological polar surface area (TPSA) is 145 Å². The molecule has 1 unspecified atom stereocenters. The van der Waals surface area contributed by atoms with Crippen LogP contribution in [0.25, 0.3) is 6.08 Å². The summed E-state index contributed by atoms with van der Waals surface area (Å²) < 4.78 is 21.2. The van der Waals surface area contributed by atoms with E-state index in [1.807, 2.05) is 0 Å². The number of imide groups is 1. The number of carbonyl (C=O) groups excluding carboxylic acids is 3. The third-order valence-electron chi connectivity index (χ3n) is 5.10. The molecule has 1 aromatic carbocycles. The zero-order chi connectivity index (χ0) is 26.4. The van der Waals surface area contributed by atoms with E-state index in [9.17, 15) is 24.3 Å². The number of ether oxygens (including phenoxy) is 3. The number of benzene rings is 1. The Bertz CT molecular complexity index is 1230. The van der Waals surface area contributed by atoms with Crippen LogP contribution < -0.4 is 14.8 Å². The number of amides is 3. The molecule has 1 saturated heterocycles. The van der Waals surface area contributed by atoms with Gasteiger partial charge in [0, 0.05) is 5.56 Å². The summed E-state index contributed by atoms with van der Waals surface area (Å²) in [6.45, 7) is 6.99. The summed E-state index contributed by atoms with van der Waals surface area (Å²) in [5.41, 5.74) is 1.12. The number of allylic oxidation sites excluding steroid dienone is 1. The third kappa shape index (κ3) is 5.74. The molecule has 0 bridgehead atoms. The fourth-order valence-corrected chi connectivity index (χ4v) is 3.41. The van der Waals surface area contributed by atoms with Crippen molar-refractivity contribution in [2.75, 3.05) is 13.7 Å². The number of rotatable bonds is 11. The van der Waals surface area contributed by atoms with Crippen LogP contribution in [0.1, 0.15) is 41.3 Å². The van der Waals surface area contributed by atoms with Crippen LogP contribution in [0.2, 0.25) is 0 Å². The van der Waals surface area contributed by atoms with Crippen molar-refractivity contribution < 1.29 is 42.9 Å². The maximum absolute atomic E-state index is 12.9. The highest BCUT2D eigenvalue weighted by Gasteiger charge is 2.34. The SMILES string of the molecule is C=CCc1cc(C=C2NC(=O)N(Cc3ccc(C(=O)OC)o3)C2=O)cc(OCC)c1OC(C)C(=O)O. The normalized spacial score (nSPS) is 15.0. The summed E-state index contributed by atoms with van der Waals surface area (Å²) in [6.07, 6.45) is 2.31. The van der Waals surface area contributed by atoms with E-state index < -0.39 is 30.0 Å². The number of hydrogen-bond acceptors (Lipinski definition) is 8. The van der Waals surface area contributed by atoms with Crippen molar-refractivity contribution in [3.8, 4) is 11.5 Å². The predicted molar refractivity (Wildman–Crippen MR) is 126 cm³/mol. The predicted octanol–water partition coefficient (Wildman–Crippen LogP) is 3.14. The molecule has 2 heterocycles. The van der Waals surface area contributed by atoms with E-state index >= 15 is 0 Å². The Morgan fingerprint density at radius 3 is 2.67 bits per heavy atom. The monoisotopic (exact) mass is 498 g/mol. The Kier molecular flexibility index (Phi) is 8.15. The van der Waals surface area contributed by atoms with Crippen LogP contribution in [0, 0.1) is 0 Å². The number of methoxy groups -OCH3 is 1. The van der Waals surface area contributed by atoms with Crippen molar-refractivity contribution in [2.45, 2.75) is 32.9 Å². The van der Waals surface area contributed by atoms with Gasteiger partial charge in [0.15, 0.2) is 17.6 Å². The van der Waals surface area contributed by atoms with Gasteiger partial charge in [-0.15, -0.1) is 6.58 Å². The highest BCUT2D eigenvalue weighted by atomic mass is 16.5. The van der Waals surface area contributed by atoms with Gasteiger partial charge in [-0.3, -0.25) is 9.69 Å². The van der Waals surface area contributed by atoms with Crippen LogP contribution >= 0.6 is 0 Å². The first-order valence-corrected chi connectivity index (χ1v) is 11.0. The average Bonchev–Trinajstić information content (AvgIpc) is 3.41.